The van der Waals surface area contributed by atoms with Crippen LogP contribution < -0.4 is 4.74 Å². The molecule has 0 atom stereocenters. The number of carbonyl (C=O) groups excluding carboxylic acids is 1. The average Bonchev–Trinajstić information content (AvgIpc) is 2.85. The van der Waals surface area contributed by atoms with E-state index < -0.39 is 5.97 Å². The summed E-state index contributed by atoms with van der Waals surface area (Å²) in [6.45, 7) is 0.204. The van der Waals surface area contributed by atoms with E-state index in [-0.39, 0.29) is 12.4 Å². The van der Waals surface area contributed by atoms with Crippen LogP contribution in [0.2, 0.25) is 0 Å². The van der Waals surface area contributed by atoms with Gasteiger partial charge < -0.3 is 13.9 Å². The molecule has 7 heteroatoms. The lowest BCUT2D eigenvalue weighted by Gasteiger charge is -2.09. The molecule has 2 aromatic rings. The second-order valence-electron chi connectivity index (χ2n) is 3.74. The highest BCUT2D eigenvalue weighted by molar-refractivity contribution is 9.11. The Morgan fingerprint density at radius 1 is 1.20 bits per heavy atom. The van der Waals surface area contributed by atoms with E-state index in [1.807, 2.05) is 12.1 Å². The second-order valence-corrected chi connectivity index (χ2v) is 6.37. The van der Waals surface area contributed by atoms with Gasteiger partial charge in [0.2, 0.25) is 5.76 Å². The predicted molar refractivity (Wildman–Crippen MR) is 83.9 cm³/mol. The van der Waals surface area contributed by atoms with Crippen molar-refractivity contribution in [3.05, 3.63) is 49.2 Å². The smallest absolute Gasteiger partial charge is 0.373 e. The summed E-state index contributed by atoms with van der Waals surface area (Å²) < 4.78 is 18.1. The van der Waals surface area contributed by atoms with Crippen LogP contribution in [0, 0.1) is 0 Å². The number of carbonyl (C=O) groups is 1. The van der Waals surface area contributed by atoms with Crippen LogP contribution in [0.1, 0.15) is 16.3 Å². The van der Waals surface area contributed by atoms with Crippen molar-refractivity contribution >= 4 is 53.8 Å². The van der Waals surface area contributed by atoms with Crippen molar-refractivity contribution in [2.75, 3.05) is 7.11 Å². The van der Waals surface area contributed by atoms with Gasteiger partial charge in [-0.3, -0.25) is 0 Å². The molecule has 0 aliphatic rings. The highest BCUT2D eigenvalue weighted by atomic mass is 79.9. The van der Waals surface area contributed by atoms with Gasteiger partial charge in [-0.25, -0.2) is 4.79 Å². The Bertz CT molecular complexity index is 613. The minimum atomic E-state index is -0.512. The van der Waals surface area contributed by atoms with Crippen LogP contribution >= 0.6 is 47.8 Å². The minimum absolute atomic E-state index is 0.153. The first-order valence-electron chi connectivity index (χ1n) is 5.45. The molecule has 0 bridgehead atoms. The molecule has 4 nitrogen and oxygen atoms in total. The molecule has 0 saturated carbocycles. The Morgan fingerprint density at radius 2 is 1.85 bits per heavy atom. The molecular weight excluding hydrogens is 460 g/mol. The summed E-state index contributed by atoms with van der Waals surface area (Å²) in [4.78, 5) is 11.3. The van der Waals surface area contributed by atoms with Gasteiger partial charge in [0.25, 0.3) is 0 Å². The van der Waals surface area contributed by atoms with E-state index in [9.17, 15) is 4.79 Å². The van der Waals surface area contributed by atoms with Gasteiger partial charge in [0.05, 0.1) is 16.1 Å². The molecular formula is C13H9Br3O4. The van der Waals surface area contributed by atoms with Gasteiger partial charge in [-0.15, -0.1) is 0 Å². The Labute approximate surface area is 140 Å². The Morgan fingerprint density at radius 3 is 2.45 bits per heavy atom. The van der Waals surface area contributed by atoms with Gasteiger partial charge in [0.1, 0.15) is 18.1 Å². The normalized spacial score (nSPS) is 10.4. The molecule has 0 aliphatic carbocycles. The lowest BCUT2D eigenvalue weighted by molar-refractivity contribution is 0.0561. The van der Waals surface area contributed by atoms with Gasteiger partial charge in [-0.05, 0) is 56.1 Å². The maximum Gasteiger partial charge on any atom is 0.373 e. The summed E-state index contributed by atoms with van der Waals surface area (Å²) in [7, 11) is 1.30. The van der Waals surface area contributed by atoms with Crippen molar-refractivity contribution < 1.29 is 18.7 Å². The standard InChI is InChI=1S/C13H9Br3O4/c1-18-13(17)11-3-2-8(20-11)6-19-12-9(15)4-7(14)5-10(12)16/h2-5H,6H2,1H3. The molecule has 20 heavy (non-hydrogen) atoms. The fourth-order valence-electron chi connectivity index (χ4n) is 1.48. The molecule has 1 aromatic heterocycles. The topological polar surface area (TPSA) is 48.7 Å². The van der Waals surface area contributed by atoms with E-state index in [0.29, 0.717) is 11.5 Å². The molecule has 0 saturated heterocycles. The number of methoxy groups -OCH3 is 1. The molecule has 1 aromatic carbocycles. The molecule has 0 radical (unpaired) electrons. The van der Waals surface area contributed by atoms with Gasteiger partial charge >= 0.3 is 5.97 Å². The Balaban J connectivity index is 2.09. The minimum Gasteiger partial charge on any atom is -0.483 e. The number of hydrogen-bond donors (Lipinski definition) is 0. The van der Waals surface area contributed by atoms with E-state index >= 15 is 0 Å². The van der Waals surface area contributed by atoms with Gasteiger partial charge in [-0.2, -0.15) is 0 Å². The van der Waals surface area contributed by atoms with Crippen LogP contribution in [0.4, 0.5) is 0 Å². The third-order valence-corrected chi connectivity index (χ3v) is 4.01. The zero-order valence-electron chi connectivity index (χ0n) is 10.3. The van der Waals surface area contributed by atoms with Crippen molar-refractivity contribution in [1.29, 1.82) is 0 Å². The quantitative estimate of drug-likeness (QED) is 0.597. The van der Waals surface area contributed by atoms with E-state index in [2.05, 4.69) is 52.5 Å². The first-order valence-corrected chi connectivity index (χ1v) is 7.83. The van der Waals surface area contributed by atoms with E-state index in [1.54, 1.807) is 12.1 Å². The molecule has 106 valence electrons. The maximum atomic E-state index is 11.3. The van der Waals surface area contributed by atoms with E-state index in [4.69, 9.17) is 9.15 Å². The monoisotopic (exact) mass is 466 g/mol. The zero-order valence-corrected chi connectivity index (χ0v) is 15.0. The summed E-state index contributed by atoms with van der Waals surface area (Å²) in [5, 5.41) is 0. The predicted octanol–water partition coefficient (Wildman–Crippen LogP) is 4.93. The second kappa shape index (κ2) is 6.78. The highest BCUT2D eigenvalue weighted by Crippen LogP contribution is 2.36. The number of rotatable bonds is 4. The van der Waals surface area contributed by atoms with Crippen molar-refractivity contribution in [3.8, 4) is 5.75 Å². The molecule has 0 unspecified atom stereocenters. The fraction of sp³-hybridized carbons (Fsp3) is 0.154. The Kier molecular flexibility index (Phi) is 5.29. The van der Waals surface area contributed by atoms with Crippen molar-refractivity contribution in [2.24, 2.45) is 0 Å². The summed E-state index contributed by atoms with van der Waals surface area (Å²) >= 11 is 10.2. The lowest BCUT2D eigenvalue weighted by atomic mass is 10.3. The van der Waals surface area contributed by atoms with Crippen LogP contribution in [0.25, 0.3) is 0 Å². The van der Waals surface area contributed by atoms with E-state index in [0.717, 1.165) is 13.4 Å². The summed E-state index contributed by atoms with van der Waals surface area (Å²) in [6, 6.07) is 6.98. The van der Waals surface area contributed by atoms with Crippen LogP contribution in [0.5, 0.6) is 5.75 Å². The number of esters is 1. The molecule has 0 spiro atoms. The number of furan rings is 1. The molecule has 2 rings (SSSR count). The molecule has 0 amide bonds. The first-order chi connectivity index (χ1) is 9.51. The van der Waals surface area contributed by atoms with Crippen molar-refractivity contribution in [1.82, 2.24) is 0 Å². The highest BCUT2D eigenvalue weighted by Gasteiger charge is 2.13. The first kappa shape index (κ1) is 15.6. The summed E-state index contributed by atoms with van der Waals surface area (Å²) in [5.74, 6) is 0.832. The van der Waals surface area contributed by atoms with Gasteiger partial charge in [0.15, 0.2) is 0 Å². The van der Waals surface area contributed by atoms with Gasteiger partial charge in [0, 0.05) is 4.47 Å². The van der Waals surface area contributed by atoms with Crippen LogP contribution in [-0.4, -0.2) is 13.1 Å². The Hall–Kier alpha value is -0.790. The van der Waals surface area contributed by atoms with Crippen LogP contribution in [0.3, 0.4) is 0 Å². The molecule has 0 N–H and O–H groups in total. The largest absolute Gasteiger partial charge is 0.483 e. The lowest BCUT2D eigenvalue weighted by Crippen LogP contribution is -1.99. The third-order valence-electron chi connectivity index (χ3n) is 2.37. The average molecular weight is 469 g/mol. The molecule has 1 heterocycles. The summed E-state index contributed by atoms with van der Waals surface area (Å²) in [5.41, 5.74) is 0. The maximum absolute atomic E-state index is 11.3. The summed E-state index contributed by atoms with van der Waals surface area (Å²) in [6.07, 6.45) is 0. The van der Waals surface area contributed by atoms with Gasteiger partial charge in [-0.1, -0.05) is 15.9 Å². The zero-order chi connectivity index (χ0) is 14.7. The number of benzene rings is 1. The SMILES string of the molecule is COC(=O)c1ccc(COc2c(Br)cc(Br)cc2Br)o1. The number of ether oxygens (including phenoxy) is 2. The van der Waals surface area contributed by atoms with Crippen LogP contribution in [0.15, 0.2) is 42.1 Å². The number of hydrogen-bond acceptors (Lipinski definition) is 4. The van der Waals surface area contributed by atoms with E-state index in [1.165, 1.54) is 7.11 Å². The third kappa shape index (κ3) is 3.65. The molecule has 0 aliphatic heterocycles. The van der Waals surface area contributed by atoms with Crippen LogP contribution in [-0.2, 0) is 11.3 Å². The van der Waals surface area contributed by atoms with Crippen molar-refractivity contribution in [3.63, 3.8) is 0 Å². The number of halogens is 3. The van der Waals surface area contributed by atoms with Crippen molar-refractivity contribution in [2.45, 2.75) is 6.61 Å². The molecule has 0 fully saturated rings. The fourth-order valence-corrected chi connectivity index (χ4v) is 3.96.